The zero-order valence-corrected chi connectivity index (χ0v) is 10.6. The molecule has 4 N–H and O–H groups in total. The summed E-state index contributed by atoms with van der Waals surface area (Å²) >= 11 is 1.27. The Hall–Kier alpha value is -2.48. The third kappa shape index (κ3) is 3.75. The number of aromatic nitrogens is 2. The van der Waals surface area contributed by atoms with Crippen LogP contribution >= 0.6 is 11.3 Å². The minimum Gasteiger partial charge on any atom is -0.368 e. The van der Waals surface area contributed by atoms with Crippen LogP contribution in [0, 0.1) is 0 Å². The third-order valence-corrected chi connectivity index (χ3v) is 2.82. The molecule has 98 valence electrons. The molecule has 0 aliphatic heterocycles. The van der Waals surface area contributed by atoms with Crippen molar-refractivity contribution in [3.63, 3.8) is 0 Å². The lowest BCUT2D eigenvalue weighted by Gasteiger charge is -2.00. The highest BCUT2D eigenvalue weighted by atomic mass is 32.1. The highest BCUT2D eigenvalue weighted by Gasteiger charge is 2.11. The van der Waals surface area contributed by atoms with Crippen molar-refractivity contribution in [3.8, 4) is 0 Å². The van der Waals surface area contributed by atoms with Gasteiger partial charge in [-0.3, -0.25) is 9.59 Å². The van der Waals surface area contributed by atoms with Gasteiger partial charge in [0, 0.05) is 11.6 Å². The molecule has 19 heavy (non-hydrogen) atoms. The number of carbonyl (C=O) groups excluding carboxylic acids is 2. The Balaban J connectivity index is 1.99. The van der Waals surface area contributed by atoms with Crippen LogP contribution < -0.4 is 16.4 Å². The zero-order chi connectivity index (χ0) is 13.7. The van der Waals surface area contributed by atoms with Gasteiger partial charge in [-0.2, -0.15) is 0 Å². The number of amides is 2. The lowest BCUT2D eigenvalue weighted by Crippen LogP contribution is -2.33. The number of primary amides is 1. The van der Waals surface area contributed by atoms with Gasteiger partial charge in [0.2, 0.25) is 5.91 Å². The molecule has 0 aromatic carbocycles. The van der Waals surface area contributed by atoms with Crippen molar-refractivity contribution >= 4 is 34.1 Å². The van der Waals surface area contributed by atoms with E-state index in [4.69, 9.17) is 5.73 Å². The number of thiazole rings is 1. The molecule has 2 aromatic heterocycles. The first kappa shape index (κ1) is 13.0. The second-order valence-electron chi connectivity index (χ2n) is 3.53. The standard InChI is InChI=1S/C11H11N5O2S/c12-8(17)5-14-10(18)7-6-19-11(15-7)16-9-3-1-2-4-13-9/h1-4,6H,5H2,(H2,12,17)(H,14,18)(H,13,15,16). The number of nitrogens with one attached hydrogen (secondary N) is 2. The minimum absolute atomic E-state index is 0.209. The van der Waals surface area contributed by atoms with Gasteiger partial charge in [-0.1, -0.05) is 6.07 Å². The number of hydrogen-bond donors (Lipinski definition) is 3. The SMILES string of the molecule is NC(=O)CNC(=O)c1csc(Nc2ccccn2)n1. The molecule has 2 heterocycles. The fraction of sp³-hybridized carbons (Fsp3) is 0.0909. The number of pyridine rings is 1. The molecule has 2 aromatic rings. The molecule has 2 amide bonds. The van der Waals surface area contributed by atoms with Gasteiger partial charge < -0.3 is 16.4 Å². The maximum Gasteiger partial charge on any atom is 0.271 e. The number of carbonyl (C=O) groups is 2. The number of anilines is 2. The molecule has 2 rings (SSSR count). The Morgan fingerprint density at radius 3 is 2.89 bits per heavy atom. The lowest BCUT2D eigenvalue weighted by molar-refractivity contribution is -0.117. The first-order chi connectivity index (χ1) is 9.15. The molecule has 0 aliphatic rings. The number of nitrogens with two attached hydrogens (primary N) is 1. The summed E-state index contributed by atoms with van der Waals surface area (Å²) in [5.74, 6) is -0.402. The summed E-state index contributed by atoms with van der Waals surface area (Å²) in [6.07, 6.45) is 1.65. The molecule has 0 atom stereocenters. The van der Waals surface area contributed by atoms with Crippen molar-refractivity contribution in [2.75, 3.05) is 11.9 Å². The average Bonchev–Trinajstić information content (AvgIpc) is 2.85. The van der Waals surface area contributed by atoms with Crippen LogP contribution in [0.1, 0.15) is 10.5 Å². The van der Waals surface area contributed by atoms with E-state index < -0.39 is 11.8 Å². The molecular weight excluding hydrogens is 266 g/mol. The summed E-state index contributed by atoms with van der Waals surface area (Å²) in [7, 11) is 0. The molecule has 0 fully saturated rings. The second-order valence-corrected chi connectivity index (χ2v) is 4.38. The fourth-order valence-corrected chi connectivity index (χ4v) is 1.94. The van der Waals surface area contributed by atoms with Gasteiger partial charge in [-0.15, -0.1) is 11.3 Å². The van der Waals surface area contributed by atoms with Crippen LogP contribution in [-0.2, 0) is 4.79 Å². The summed E-state index contributed by atoms with van der Waals surface area (Å²) in [5, 5.41) is 7.46. The Labute approximate surface area is 112 Å². The minimum atomic E-state index is -0.601. The number of nitrogens with zero attached hydrogens (tertiary/aromatic N) is 2. The predicted octanol–water partition coefficient (Wildman–Crippen LogP) is 0.497. The highest BCUT2D eigenvalue weighted by molar-refractivity contribution is 7.14. The van der Waals surface area contributed by atoms with E-state index in [-0.39, 0.29) is 12.2 Å². The monoisotopic (exact) mass is 277 g/mol. The largest absolute Gasteiger partial charge is 0.368 e. The zero-order valence-electron chi connectivity index (χ0n) is 9.79. The lowest BCUT2D eigenvalue weighted by atomic mass is 10.4. The van der Waals surface area contributed by atoms with Crippen molar-refractivity contribution in [2.24, 2.45) is 5.73 Å². The maximum atomic E-state index is 11.6. The fourth-order valence-electron chi connectivity index (χ4n) is 1.24. The van der Waals surface area contributed by atoms with Crippen LogP contribution in [0.3, 0.4) is 0 Å². The van der Waals surface area contributed by atoms with Crippen LogP contribution in [0.15, 0.2) is 29.8 Å². The summed E-state index contributed by atoms with van der Waals surface area (Å²) in [6, 6.07) is 5.42. The maximum absolute atomic E-state index is 11.6. The van der Waals surface area contributed by atoms with Crippen LogP contribution in [0.25, 0.3) is 0 Å². The molecule has 0 saturated heterocycles. The number of hydrogen-bond acceptors (Lipinski definition) is 6. The highest BCUT2D eigenvalue weighted by Crippen LogP contribution is 2.19. The quantitative estimate of drug-likeness (QED) is 0.737. The van der Waals surface area contributed by atoms with E-state index in [1.54, 1.807) is 23.7 Å². The van der Waals surface area contributed by atoms with E-state index in [0.29, 0.717) is 10.9 Å². The molecule has 0 radical (unpaired) electrons. The Morgan fingerprint density at radius 2 is 2.21 bits per heavy atom. The summed E-state index contributed by atoms with van der Waals surface area (Å²) in [5.41, 5.74) is 5.16. The Bertz CT molecular complexity index is 584. The molecule has 0 saturated carbocycles. The molecule has 8 heteroatoms. The van der Waals surface area contributed by atoms with Crippen LogP contribution in [0.2, 0.25) is 0 Å². The van der Waals surface area contributed by atoms with Crippen LogP contribution in [-0.4, -0.2) is 28.3 Å². The smallest absolute Gasteiger partial charge is 0.271 e. The number of rotatable bonds is 5. The molecule has 0 unspecified atom stereocenters. The van der Waals surface area contributed by atoms with E-state index in [1.807, 2.05) is 6.07 Å². The van der Waals surface area contributed by atoms with E-state index in [9.17, 15) is 9.59 Å². The average molecular weight is 277 g/mol. The van der Waals surface area contributed by atoms with Gasteiger partial charge in [0.1, 0.15) is 11.5 Å². The van der Waals surface area contributed by atoms with Gasteiger partial charge in [0.15, 0.2) is 5.13 Å². The molecule has 0 aliphatic carbocycles. The predicted molar refractivity (Wildman–Crippen MR) is 71.2 cm³/mol. The molecule has 7 nitrogen and oxygen atoms in total. The van der Waals surface area contributed by atoms with Crippen molar-refractivity contribution in [2.45, 2.75) is 0 Å². The van der Waals surface area contributed by atoms with Crippen LogP contribution in [0.5, 0.6) is 0 Å². The van der Waals surface area contributed by atoms with Gasteiger partial charge in [-0.05, 0) is 12.1 Å². The summed E-state index contributed by atoms with van der Waals surface area (Å²) in [4.78, 5) is 30.3. The van der Waals surface area contributed by atoms with Crippen LogP contribution in [0.4, 0.5) is 10.9 Å². The topological polar surface area (TPSA) is 110 Å². The Kier molecular flexibility index (Phi) is 4.04. The summed E-state index contributed by atoms with van der Waals surface area (Å²) < 4.78 is 0. The molecule has 0 spiro atoms. The van der Waals surface area contributed by atoms with Gasteiger partial charge >= 0.3 is 0 Å². The Morgan fingerprint density at radius 1 is 1.37 bits per heavy atom. The van der Waals surface area contributed by atoms with Gasteiger partial charge in [0.25, 0.3) is 5.91 Å². The van der Waals surface area contributed by atoms with E-state index in [0.717, 1.165) is 0 Å². The first-order valence-corrected chi connectivity index (χ1v) is 6.23. The second kappa shape index (κ2) is 5.91. The molecular formula is C11H11N5O2S. The van der Waals surface area contributed by atoms with Crippen molar-refractivity contribution in [1.82, 2.24) is 15.3 Å². The van der Waals surface area contributed by atoms with E-state index in [1.165, 1.54) is 11.3 Å². The van der Waals surface area contributed by atoms with E-state index >= 15 is 0 Å². The third-order valence-electron chi connectivity index (χ3n) is 2.06. The van der Waals surface area contributed by atoms with Crippen molar-refractivity contribution in [1.29, 1.82) is 0 Å². The van der Waals surface area contributed by atoms with E-state index in [2.05, 4.69) is 20.6 Å². The first-order valence-electron chi connectivity index (χ1n) is 5.35. The van der Waals surface area contributed by atoms with Crippen molar-refractivity contribution < 1.29 is 9.59 Å². The van der Waals surface area contributed by atoms with Crippen molar-refractivity contribution in [3.05, 3.63) is 35.5 Å². The van der Waals surface area contributed by atoms with Gasteiger partial charge in [-0.25, -0.2) is 9.97 Å². The summed E-state index contributed by atoms with van der Waals surface area (Å²) in [6.45, 7) is -0.209. The molecule has 0 bridgehead atoms. The van der Waals surface area contributed by atoms with Gasteiger partial charge in [0.05, 0.1) is 6.54 Å². The normalized spacial score (nSPS) is 9.89.